The van der Waals surface area contributed by atoms with E-state index in [1.54, 1.807) is 22.4 Å². The van der Waals surface area contributed by atoms with Gasteiger partial charge in [-0.1, -0.05) is 6.07 Å². The third-order valence-corrected chi connectivity index (χ3v) is 7.12. The second kappa shape index (κ2) is 7.55. The predicted molar refractivity (Wildman–Crippen MR) is 123 cm³/mol. The Labute approximate surface area is 190 Å². The monoisotopic (exact) mass is 450 g/mol. The summed E-state index contributed by atoms with van der Waals surface area (Å²) in [6, 6.07) is 6.18. The highest BCUT2D eigenvalue weighted by molar-refractivity contribution is 7.10. The number of fused-ring (bicyclic) bond motifs is 1. The first-order chi connectivity index (χ1) is 15.2. The van der Waals surface area contributed by atoms with Crippen LogP contribution >= 0.6 is 11.3 Å². The number of rotatable bonds is 3. The van der Waals surface area contributed by atoms with Gasteiger partial charge >= 0.3 is 6.09 Å². The SMILES string of the molecule is CC(C)(C)OC(=O)N1CCc2nc(C3(c4cc(-c5cccnc5)cs4)CC3)[nH]c(=O)c2C1. The van der Waals surface area contributed by atoms with E-state index in [0.29, 0.717) is 18.5 Å². The zero-order valence-corrected chi connectivity index (χ0v) is 19.3. The third-order valence-electron chi connectivity index (χ3n) is 5.99. The number of aromatic nitrogens is 3. The highest BCUT2D eigenvalue weighted by atomic mass is 32.1. The highest BCUT2D eigenvalue weighted by Crippen LogP contribution is 2.54. The molecule has 1 amide bonds. The molecule has 0 unspecified atom stereocenters. The zero-order valence-electron chi connectivity index (χ0n) is 18.5. The van der Waals surface area contributed by atoms with Crippen molar-refractivity contribution in [3.8, 4) is 11.1 Å². The van der Waals surface area contributed by atoms with E-state index in [2.05, 4.69) is 21.4 Å². The first-order valence-electron chi connectivity index (χ1n) is 10.9. The Balaban J connectivity index is 1.41. The number of nitrogens with one attached hydrogen (secondary N) is 1. The van der Waals surface area contributed by atoms with Crippen LogP contribution < -0.4 is 5.56 Å². The number of nitrogens with zero attached hydrogens (tertiary/aromatic N) is 3. The minimum atomic E-state index is -0.570. The summed E-state index contributed by atoms with van der Waals surface area (Å²) >= 11 is 1.70. The van der Waals surface area contributed by atoms with Crippen LogP contribution in [-0.4, -0.2) is 38.1 Å². The van der Waals surface area contributed by atoms with Crippen molar-refractivity contribution in [2.24, 2.45) is 0 Å². The van der Waals surface area contributed by atoms with Crippen LogP contribution in [0.5, 0.6) is 0 Å². The van der Waals surface area contributed by atoms with Crippen molar-refractivity contribution in [1.82, 2.24) is 19.9 Å². The van der Waals surface area contributed by atoms with Crippen molar-refractivity contribution in [3.63, 3.8) is 0 Å². The van der Waals surface area contributed by atoms with Crippen LogP contribution in [0.2, 0.25) is 0 Å². The summed E-state index contributed by atoms with van der Waals surface area (Å²) in [4.78, 5) is 40.4. The summed E-state index contributed by atoms with van der Waals surface area (Å²) < 4.78 is 5.47. The molecule has 8 heteroatoms. The lowest BCUT2D eigenvalue weighted by Gasteiger charge is -2.30. The van der Waals surface area contributed by atoms with Gasteiger partial charge in [0, 0.05) is 35.8 Å². The van der Waals surface area contributed by atoms with E-state index in [9.17, 15) is 9.59 Å². The number of amides is 1. The molecule has 1 fully saturated rings. The summed E-state index contributed by atoms with van der Waals surface area (Å²) in [5.41, 5.74) is 2.62. The Hall–Kier alpha value is -3.00. The number of pyridine rings is 1. The molecule has 1 aliphatic carbocycles. The lowest BCUT2D eigenvalue weighted by Crippen LogP contribution is -2.42. The van der Waals surface area contributed by atoms with E-state index in [4.69, 9.17) is 9.72 Å². The molecule has 0 spiro atoms. The maximum atomic E-state index is 13.0. The van der Waals surface area contributed by atoms with E-state index >= 15 is 0 Å². The summed E-state index contributed by atoms with van der Waals surface area (Å²) in [7, 11) is 0. The molecule has 1 saturated carbocycles. The molecule has 0 bridgehead atoms. The minimum absolute atomic E-state index is 0.159. The number of hydrogen-bond acceptors (Lipinski definition) is 6. The Kier molecular flexibility index (Phi) is 4.93. The smallest absolute Gasteiger partial charge is 0.410 e. The largest absolute Gasteiger partial charge is 0.444 e. The quantitative estimate of drug-likeness (QED) is 0.644. The highest BCUT2D eigenvalue weighted by Gasteiger charge is 2.50. The normalized spacial score (nSPS) is 17.0. The summed E-state index contributed by atoms with van der Waals surface area (Å²) in [6.07, 6.45) is 5.71. The summed E-state index contributed by atoms with van der Waals surface area (Å²) in [5.74, 6) is 0.742. The molecular weight excluding hydrogens is 424 g/mol. The average Bonchev–Trinajstić information content (AvgIpc) is 3.42. The number of hydrogen-bond donors (Lipinski definition) is 1. The molecule has 32 heavy (non-hydrogen) atoms. The third kappa shape index (κ3) is 3.83. The molecule has 2 aliphatic rings. The number of aromatic amines is 1. The molecule has 0 saturated heterocycles. The van der Waals surface area contributed by atoms with Crippen LogP contribution in [0.1, 0.15) is 55.6 Å². The van der Waals surface area contributed by atoms with E-state index in [-0.39, 0.29) is 17.5 Å². The second-order valence-electron chi connectivity index (χ2n) is 9.52. The number of ether oxygens (including phenoxy) is 1. The average molecular weight is 451 g/mol. The van der Waals surface area contributed by atoms with Crippen molar-refractivity contribution in [3.05, 3.63) is 68.3 Å². The van der Waals surface area contributed by atoms with Crippen LogP contribution in [0.25, 0.3) is 11.1 Å². The van der Waals surface area contributed by atoms with Crippen LogP contribution in [0.4, 0.5) is 4.79 Å². The Bertz CT molecular complexity index is 1220. The van der Waals surface area contributed by atoms with Gasteiger partial charge < -0.3 is 14.6 Å². The predicted octanol–water partition coefficient (Wildman–Crippen LogP) is 4.27. The maximum absolute atomic E-state index is 13.0. The molecular formula is C24H26N4O3S. The van der Waals surface area contributed by atoms with Gasteiger partial charge in [0.25, 0.3) is 5.56 Å². The van der Waals surface area contributed by atoms with Crippen LogP contribution in [0.15, 0.2) is 40.8 Å². The Morgan fingerprint density at radius 2 is 2.09 bits per heavy atom. The number of H-pyrrole nitrogens is 1. The standard InChI is InChI=1S/C24H26N4O3S/c1-23(2,3)31-22(30)28-10-6-18-17(13-28)20(29)27-21(26-18)24(7-8-24)19-11-16(14-32-19)15-5-4-9-25-12-15/h4-5,9,11-12,14H,6-8,10,13H2,1-3H3,(H,26,27,29). The molecule has 4 heterocycles. The van der Waals surface area contributed by atoms with E-state index in [0.717, 1.165) is 35.5 Å². The molecule has 0 atom stereocenters. The minimum Gasteiger partial charge on any atom is -0.444 e. The van der Waals surface area contributed by atoms with Gasteiger partial charge in [0.2, 0.25) is 0 Å². The molecule has 0 radical (unpaired) electrons. The summed E-state index contributed by atoms with van der Waals surface area (Å²) in [6.45, 7) is 6.23. The first-order valence-corrected chi connectivity index (χ1v) is 11.7. The molecule has 3 aromatic heterocycles. The van der Waals surface area contributed by atoms with Crippen molar-refractivity contribution in [2.45, 2.75) is 57.6 Å². The molecule has 1 N–H and O–H groups in total. The lowest BCUT2D eigenvalue weighted by molar-refractivity contribution is 0.0221. The van der Waals surface area contributed by atoms with Gasteiger partial charge in [-0.05, 0) is 56.7 Å². The van der Waals surface area contributed by atoms with Gasteiger partial charge in [-0.25, -0.2) is 9.78 Å². The van der Waals surface area contributed by atoms with Gasteiger partial charge in [0.05, 0.1) is 23.2 Å². The van der Waals surface area contributed by atoms with Crippen molar-refractivity contribution >= 4 is 17.4 Å². The van der Waals surface area contributed by atoms with Gasteiger partial charge in [-0.15, -0.1) is 11.3 Å². The molecule has 5 rings (SSSR count). The molecule has 166 valence electrons. The number of carbonyl (C=O) groups excluding carboxylic acids is 1. The first kappa shape index (κ1) is 20.9. The lowest BCUT2D eigenvalue weighted by atomic mass is 10.00. The maximum Gasteiger partial charge on any atom is 0.410 e. The van der Waals surface area contributed by atoms with E-state index in [1.165, 1.54) is 4.88 Å². The van der Waals surface area contributed by atoms with Crippen LogP contribution in [0, 0.1) is 0 Å². The molecule has 7 nitrogen and oxygen atoms in total. The van der Waals surface area contributed by atoms with E-state index < -0.39 is 11.7 Å². The van der Waals surface area contributed by atoms with Gasteiger partial charge in [-0.3, -0.25) is 9.78 Å². The molecule has 0 aromatic carbocycles. The van der Waals surface area contributed by atoms with Crippen LogP contribution in [-0.2, 0) is 23.1 Å². The molecule has 3 aromatic rings. The summed E-state index contributed by atoms with van der Waals surface area (Å²) in [5, 5.41) is 2.14. The van der Waals surface area contributed by atoms with E-state index in [1.807, 2.05) is 39.1 Å². The topological polar surface area (TPSA) is 88.2 Å². The number of carbonyl (C=O) groups is 1. The van der Waals surface area contributed by atoms with Gasteiger partial charge in [-0.2, -0.15) is 0 Å². The zero-order chi connectivity index (χ0) is 22.5. The van der Waals surface area contributed by atoms with Gasteiger partial charge in [0.1, 0.15) is 11.4 Å². The molecule has 1 aliphatic heterocycles. The second-order valence-corrected chi connectivity index (χ2v) is 10.4. The fourth-order valence-corrected chi connectivity index (χ4v) is 5.31. The fraction of sp³-hybridized carbons (Fsp3) is 0.417. The van der Waals surface area contributed by atoms with Crippen molar-refractivity contribution in [1.29, 1.82) is 0 Å². The Morgan fingerprint density at radius 1 is 1.28 bits per heavy atom. The van der Waals surface area contributed by atoms with Gasteiger partial charge in [0.15, 0.2) is 0 Å². The number of thiophene rings is 1. The van der Waals surface area contributed by atoms with Crippen molar-refractivity contribution in [2.75, 3.05) is 6.54 Å². The fourth-order valence-electron chi connectivity index (χ4n) is 4.13. The van der Waals surface area contributed by atoms with Crippen LogP contribution in [0.3, 0.4) is 0 Å². The van der Waals surface area contributed by atoms with Crippen molar-refractivity contribution < 1.29 is 9.53 Å². The Morgan fingerprint density at radius 3 is 2.78 bits per heavy atom.